The molecule has 1 N–H and O–H groups in total. The first-order valence-corrected chi connectivity index (χ1v) is 21.0. The minimum atomic E-state index is -0.0926. The molecule has 61 heavy (non-hydrogen) atoms. The zero-order valence-corrected chi connectivity index (χ0v) is 35.8. The van der Waals surface area contributed by atoms with Gasteiger partial charge in [-0.2, -0.15) is 0 Å². The van der Waals surface area contributed by atoms with Gasteiger partial charge in [0.05, 0.1) is 10.0 Å². The van der Waals surface area contributed by atoms with E-state index in [0.717, 1.165) is 49.6 Å². The lowest BCUT2D eigenvalue weighted by Gasteiger charge is -2.28. The van der Waals surface area contributed by atoms with Crippen molar-refractivity contribution in [1.29, 1.82) is 0 Å². The molecule has 8 aromatic carbocycles. The normalized spacial score (nSPS) is 12.8. The van der Waals surface area contributed by atoms with Crippen LogP contribution in [0, 0.1) is 0 Å². The van der Waals surface area contributed by atoms with E-state index < -0.39 is 0 Å². The molecule has 10 rings (SSSR count). The lowest BCUT2D eigenvalue weighted by Crippen LogP contribution is -2.16. The third-order valence-corrected chi connectivity index (χ3v) is 12.2. The Kier molecular flexibility index (Phi) is 13.9. The van der Waals surface area contributed by atoms with Crippen LogP contribution in [0.15, 0.2) is 194 Å². The van der Waals surface area contributed by atoms with Crippen LogP contribution in [0.1, 0.15) is 64.8 Å². The summed E-state index contributed by atoms with van der Waals surface area (Å²) in [5, 5.41) is 5.55. The van der Waals surface area contributed by atoms with Gasteiger partial charge in [-0.3, -0.25) is 0 Å². The first-order chi connectivity index (χ1) is 28.5. The summed E-state index contributed by atoms with van der Waals surface area (Å²) in [6, 6.07) is 66.5. The molecule has 0 amide bonds. The summed E-state index contributed by atoms with van der Waals surface area (Å²) in [5.74, 6) is 0. The molecule has 2 aliphatic rings. The predicted molar refractivity (Wildman–Crippen MR) is 267 cm³/mol. The maximum absolute atomic E-state index is 6.92. The van der Waals surface area contributed by atoms with Crippen LogP contribution < -0.4 is 10.2 Å². The third kappa shape index (κ3) is 9.00. The monoisotopic (exact) mass is 858 g/mol. The van der Waals surface area contributed by atoms with Crippen molar-refractivity contribution >= 4 is 63.2 Å². The lowest BCUT2D eigenvalue weighted by atomic mass is 9.82. The molecule has 0 fully saturated rings. The first-order valence-electron chi connectivity index (χ1n) is 19.8. The van der Waals surface area contributed by atoms with Gasteiger partial charge in [0.2, 0.25) is 0 Å². The fraction of sp³-hybridized carbons (Fsp3) is 0.143. The molecule has 5 heteroatoms. The molecule has 308 valence electrons. The molecule has 0 bridgehead atoms. The predicted octanol–water partition coefficient (Wildman–Crippen LogP) is 18.1. The molecule has 2 aliphatic carbocycles. The number of halogens is 3. The number of anilines is 5. The molecule has 0 saturated heterocycles. The Morgan fingerprint density at radius 2 is 0.738 bits per heavy atom. The Balaban J connectivity index is 0.000000165. The van der Waals surface area contributed by atoms with Crippen LogP contribution in [0.25, 0.3) is 22.3 Å². The van der Waals surface area contributed by atoms with Crippen LogP contribution in [-0.2, 0) is 10.8 Å². The molecule has 0 aromatic heterocycles. The van der Waals surface area contributed by atoms with Gasteiger partial charge in [-0.25, -0.2) is 0 Å². The Bertz CT molecular complexity index is 2640. The van der Waals surface area contributed by atoms with Gasteiger partial charge in [-0.1, -0.05) is 199 Å². The molecular weight excluding hydrogens is 807 g/mol. The highest BCUT2D eigenvalue weighted by Gasteiger charge is 2.38. The van der Waals surface area contributed by atoms with E-state index in [0.29, 0.717) is 5.02 Å². The van der Waals surface area contributed by atoms with Crippen LogP contribution in [0.2, 0.25) is 15.1 Å². The highest BCUT2D eigenvalue weighted by atomic mass is 35.5. The molecule has 0 atom stereocenters. The fourth-order valence-electron chi connectivity index (χ4n) is 8.42. The van der Waals surface area contributed by atoms with Crippen LogP contribution >= 0.6 is 34.8 Å². The van der Waals surface area contributed by atoms with E-state index in [1.54, 1.807) is 0 Å². The smallest absolute Gasteiger partial charge is 0.0508 e. The third-order valence-electron chi connectivity index (χ3n) is 11.3. The summed E-state index contributed by atoms with van der Waals surface area (Å²) in [5.41, 5.74) is 15.3. The number of para-hydroxylation sites is 4. The van der Waals surface area contributed by atoms with Crippen molar-refractivity contribution in [2.45, 2.75) is 53.4 Å². The van der Waals surface area contributed by atoms with Crippen molar-refractivity contribution in [2.24, 2.45) is 0 Å². The van der Waals surface area contributed by atoms with E-state index in [9.17, 15) is 0 Å². The summed E-state index contributed by atoms with van der Waals surface area (Å²) >= 11 is 19.4. The number of benzene rings is 8. The van der Waals surface area contributed by atoms with E-state index in [-0.39, 0.29) is 25.7 Å². The van der Waals surface area contributed by atoms with E-state index in [4.69, 9.17) is 34.8 Å². The Hall–Kier alpha value is -5.77. The Labute approximate surface area is 378 Å². The second kappa shape index (κ2) is 18.9. The van der Waals surface area contributed by atoms with Crippen molar-refractivity contribution < 1.29 is 0 Å². The average Bonchev–Trinajstić information content (AvgIpc) is 3.63. The van der Waals surface area contributed by atoms with Gasteiger partial charge in [0.15, 0.2) is 0 Å². The molecule has 2 nitrogen and oxygen atoms in total. The largest absolute Gasteiger partial charge is 0.356 e. The first kappa shape index (κ1) is 44.8. The van der Waals surface area contributed by atoms with Gasteiger partial charge in [0.25, 0.3) is 0 Å². The van der Waals surface area contributed by atoms with E-state index in [1.807, 2.05) is 84.9 Å². The topological polar surface area (TPSA) is 15.3 Å². The second-order valence-corrected chi connectivity index (χ2v) is 17.1. The van der Waals surface area contributed by atoms with Gasteiger partial charge in [0.1, 0.15) is 0 Å². The number of fused-ring (bicyclic) bond motifs is 6. The quantitative estimate of drug-likeness (QED) is 0.185. The average molecular weight is 860 g/mol. The van der Waals surface area contributed by atoms with Gasteiger partial charge in [-0.15, -0.1) is 0 Å². The molecular formula is C56H53Cl3N2. The van der Waals surface area contributed by atoms with Gasteiger partial charge in [-0.05, 0) is 106 Å². The molecule has 0 saturated carbocycles. The van der Waals surface area contributed by atoms with Crippen molar-refractivity contribution in [2.75, 3.05) is 10.2 Å². The maximum atomic E-state index is 6.92. The van der Waals surface area contributed by atoms with Gasteiger partial charge >= 0.3 is 0 Å². The molecule has 0 radical (unpaired) electrons. The zero-order chi connectivity index (χ0) is 41.1. The standard InChI is InChI=1S/C27H22ClN.C15H12Cl2.C12H11N.2CH4/c1-27(2)23-16-10-9-15-22(23)26-24(27)17-21(18-25(26)28)29(19-11-5-3-6-12-19)20-13-7-4-8-14-20;1-15(2)11-6-4-3-5-10(11)14-12(15)7-9(16)8-13(14)17;1-3-7-11(8-4-1)13-12-9-5-2-6-10-12;;/h3-18H,1-2H3;3-8H,1-2H3;1-10,13H;2*1H4. The fourth-order valence-corrected chi connectivity index (χ4v) is 9.33. The number of nitrogens with one attached hydrogen (secondary N) is 1. The van der Waals surface area contributed by atoms with Gasteiger partial charge in [0, 0.05) is 55.4 Å². The number of hydrogen-bond acceptors (Lipinski definition) is 2. The summed E-state index contributed by atoms with van der Waals surface area (Å²) < 4.78 is 0. The Morgan fingerprint density at radius 1 is 0.377 bits per heavy atom. The summed E-state index contributed by atoms with van der Waals surface area (Å²) in [6.45, 7) is 8.99. The molecule has 0 spiro atoms. The van der Waals surface area contributed by atoms with Crippen LogP contribution in [0.3, 0.4) is 0 Å². The van der Waals surface area contributed by atoms with Gasteiger partial charge < -0.3 is 10.2 Å². The number of nitrogens with zero attached hydrogens (tertiary/aromatic N) is 1. The van der Waals surface area contributed by atoms with Crippen molar-refractivity contribution in [3.8, 4) is 22.3 Å². The SMILES string of the molecule is C.C.CC1(C)c2ccccc2-c2c(Cl)cc(Cl)cc21.CC1(C)c2ccccc2-c2c(Cl)cc(N(c3ccccc3)c3ccccc3)cc21.c1ccc(Nc2ccccc2)cc1. The minimum Gasteiger partial charge on any atom is -0.356 e. The van der Waals surface area contributed by atoms with Crippen LogP contribution in [-0.4, -0.2) is 0 Å². The molecule has 0 unspecified atom stereocenters. The van der Waals surface area contributed by atoms with Crippen molar-refractivity contribution in [3.63, 3.8) is 0 Å². The maximum Gasteiger partial charge on any atom is 0.0508 e. The summed E-state index contributed by atoms with van der Waals surface area (Å²) in [4.78, 5) is 2.27. The lowest BCUT2D eigenvalue weighted by molar-refractivity contribution is 0.660. The number of rotatable bonds is 5. The van der Waals surface area contributed by atoms with Crippen LogP contribution in [0.4, 0.5) is 28.4 Å². The highest BCUT2D eigenvalue weighted by molar-refractivity contribution is 6.37. The summed E-state index contributed by atoms with van der Waals surface area (Å²) in [6.07, 6.45) is 0. The Morgan fingerprint density at radius 3 is 1.18 bits per heavy atom. The zero-order valence-electron chi connectivity index (χ0n) is 33.6. The van der Waals surface area contributed by atoms with Crippen molar-refractivity contribution in [1.82, 2.24) is 0 Å². The molecule has 0 aliphatic heterocycles. The number of hydrogen-bond donors (Lipinski definition) is 1. The minimum absolute atomic E-state index is 0. The van der Waals surface area contributed by atoms with Crippen molar-refractivity contribution in [3.05, 3.63) is 231 Å². The van der Waals surface area contributed by atoms with E-state index in [1.165, 1.54) is 33.4 Å². The highest BCUT2D eigenvalue weighted by Crippen LogP contribution is 2.54. The summed E-state index contributed by atoms with van der Waals surface area (Å²) in [7, 11) is 0. The van der Waals surface area contributed by atoms with E-state index >= 15 is 0 Å². The van der Waals surface area contributed by atoms with E-state index in [2.05, 4.69) is 147 Å². The molecule has 8 aromatic rings. The van der Waals surface area contributed by atoms with Crippen LogP contribution in [0.5, 0.6) is 0 Å². The second-order valence-electron chi connectivity index (χ2n) is 15.9. The molecule has 0 heterocycles.